The van der Waals surface area contributed by atoms with Gasteiger partial charge in [0.1, 0.15) is 17.3 Å². The van der Waals surface area contributed by atoms with E-state index in [0.717, 1.165) is 12.1 Å². The van der Waals surface area contributed by atoms with E-state index in [-0.39, 0.29) is 22.8 Å². The van der Waals surface area contributed by atoms with Crippen LogP contribution in [-0.2, 0) is 0 Å². The largest absolute Gasteiger partial charge is 0.466 e. The molecule has 0 aliphatic heterocycles. The molecule has 0 radical (unpaired) electrons. The van der Waals surface area contributed by atoms with Crippen molar-refractivity contribution in [3.05, 3.63) is 57.8 Å². The molecule has 0 fully saturated rings. The summed E-state index contributed by atoms with van der Waals surface area (Å²) in [5.41, 5.74) is 0.522. The zero-order chi connectivity index (χ0) is 14.9. The van der Waals surface area contributed by atoms with Gasteiger partial charge < -0.3 is 4.42 Å². The van der Waals surface area contributed by atoms with Gasteiger partial charge in [0.05, 0.1) is 17.0 Å². The third-order valence-electron chi connectivity index (χ3n) is 2.89. The van der Waals surface area contributed by atoms with Gasteiger partial charge in [0.25, 0.3) is 0 Å². The number of carbonyl (C=O) groups is 2. The molecule has 0 bridgehead atoms. The van der Waals surface area contributed by atoms with Gasteiger partial charge in [-0.1, -0.05) is 11.6 Å². The van der Waals surface area contributed by atoms with Crippen LogP contribution in [0.4, 0.5) is 4.39 Å². The molecule has 0 unspecified atom stereocenters. The zero-order valence-corrected chi connectivity index (χ0v) is 11.8. The minimum absolute atomic E-state index is 0.00268. The van der Waals surface area contributed by atoms with Crippen LogP contribution >= 0.6 is 11.6 Å². The Labute approximate surface area is 120 Å². The topological polar surface area (TPSA) is 47.3 Å². The molecule has 1 heterocycles. The quantitative estimate of drug-likeness (QED) is 0.629. The van der Waals surface area contributed by atoms with Crippen molar-refractivity contribution in [2.75, 3.05) is 0 Å². The average Bonchev–Trinajstić information content (AvgIpc) is 2.68. The monoisotopic (exact) mass is 294 g/mol. The van der Waals surface area contributed by atoms with E-state index in [1.165, 1.54) is 6.07 Å². The van der Waals surface area contributed by atoms with Crippen LogP contribution in [0.3, 0.4) is 0 Å². The number of benzene rings is 1. The fraction of sp³-hybridized carbons (Fsp3) is 0.200. The van der Waals surface area contributed by atoms with Gasteiger partial charge in [-0.15, -0.1) is 0 Å². The number of hydrogen-bond donors (Lipinski definition) is 0. The van der Waals surface area contributed by atoms with Crippen molar-refractivity contribution in [2.24, 2.45) is 0 Å². The highest BCUT2D eigenvalue weighted by molar-refractivity contribution is 6.34. The fourth-order valence-corrected chi connectivity index (χ4v) is 2.23. The first-order chi connectivity index (χ1) is 9.38. The lowest BCUT2D eigenvalue weighted by molar-refractivity contribution is 0.0893. The molecule has 5 heteroatoms. The van der Waals surface area contributed by atoms with Gasteiger partial charge in [-0.3, -0.25) is 9.59 Å². The summed E-state index contributed by atoms with van der Waals surface area (Å²) in [6.45, 7) is 3.39. The molecule has 2 aromatic rings. The average molecular weight is 295 g/mol. The summed E-state index contributed by atoms with van der Waals surface area (Å²) in [5.74, 6) is -0.231. The molecule has 0 N–H and O–H groups in total. The minimum atomic E-state index is -0.529. The van der Waals surface area contributed by atoms with E-state index in [1.807, 2.05) is 0 Å². The smallest absolute Gasteiger partial charge is 0.174 e. The van der Waals surface area contributed by atoms with Crippen molar-refractivity contribution in [2.45, 2.75) is 20.3 Å². The van der Waals surface area contributed by atoms with Crippen LogP contribution in [0.15, 0.2) is 28.7 Å². The molecule has 1 aromatic heterocycles. The SMILES string of the molecule is Cc1cc(C(=O)CC(=O)c2ccc(F)cc2Cl)c(C)o1. The molecular weight excluding hydrogens is 283 g/mol. The Balaban J connectivity index is 2.19. The van der Waals surface area contributed by atoms with Gasteiger partial charge >= 0.3 is 0 Å². The minimum Gasteiger partial charge on any atom is -0.466 e. The summed E-state index contributed by atoms with van der Waals surface area (Å²) in [6.07, 6.45) is -0.328. The lowest BCUT2D eigenvalue weighted by Gasteiger charge is -2.03. The number of carbonyl (C=O) groups excluding carboxylic acids is 2. The molecule has 0 aliphatic carbocycles. The van der Waals surface area contributed by atoms with Crippen LogP contribution in [0.2, 0.25) is 5.02 Å². The molecule has 0 amide bonds. The summed E-state index contributed by atoms with van der Waals surface area (Å²) in [6, 6.07) is 5.06. The van der Waals surface area contributed by atoms with Gasteiger partial charge in [-0.25, -0.2) is 4.39 Å². The van der Waals surface area contributed by atoms with E-state index in [2.05, 4.69) is 0 Å². The normalized spacial score (nSPS) is 10.6. The molecule has 3 nitrogen and oxygen atoms in total. The van der Waals surface area contributed by atoms with Crippen molar-refractivity contribution in [3.63, 3.8) is 0 Å². The Morgan fingerprint density at radius 2 is 1.80 bits per heavy atom. The summed E-state index contributed by atoms with van der Waals surface area (Å²) >= 11 is 5.80. The molecule has 2 rings (SSSR count). The number of Topliss-reactive ketones (excluding diaryl/α,β-unsaturated/α-hetero) is 2. The van der Waals surface area contributed by atoms with Crippen molar-refractivity contribution in [3.8, 4) is 0 Å². The van der Waals surface area contributed by atoms with Crippen molar-refractivity contribution >= 4 is 23.2 Å². The van der Waals surface area contributed by atoms with Crippen LogP contribution in [-0.4, -0.2) is 11.6 Å². The van der Waals surface area contributed by atoms with E-state index in [1.54, 1.807) is 19.9 Å². The molecule has 0 aliphatic rings. The summed E-state index contributed by atoms with van der Waals surface area (Å²) in [4.78, 5) is 24.1. The second kappa shape index (κ2) is 5.59. The van der Waals surface area contributed by atoms with Crippen molar-refractivity contribution in [1.82, 2.24) is 0 Å². The predicted molar refractivity (Wildman–Crippen MR) is 72.9 cm³/mol. The molecule has 0 atom stereocenters. The van der Waals surface area contributed by atoms with Crippen molar-refractivity contribution in [1.29, 1.82) is 0 Å². The molecule has 1 aromatic carbocycles. The number of aryl methyl sites for hydroxylation is 2. The first-order valence-corrected chi connectivity index (χ1v) is 6.34. The first kappa shape index (κ1) is 14.5. The Morgan fingerprint density at radius 3 is 2.35 bits per heavy atom. The summed E-state index contributed by atoms with van der Waals surface area (Å²) in [5, 5.41) is 0.00268. The maximum atomic E-state index is 12.9. The number of rotatable bonds is 4. The highest BCUT2D eigenvalue weighted by Gasteiger charge is 2.19. The van der Waals surface area contributed by atoms with Gasteiger partial charge in [0, 0.05) is 5.56 Å². The third-order valence-corrected chi connectivity index (χ3v) is 3.21. The highest BCUT2D eigenvalue weighted by Crippen LogP contribution is 2.21. The number of halogens is 2. The van der Waals surface area contributed by atoms with E-state index in [0.29, 0.717) is 17.1 Å². The maximum absolute atomic E-state index is 12.9. The maximum Gasteiger partial charge on any atom is 0.174 e. The first-order valence-electron chi connectivity index (χ1n) is 5.97. The predicted octanol–water partition coefficient (Wildman–Crippen LogP) is 4.14. The standard InChI is InChI=1S/C15H12ClFO3/c1-8-5-12(9(2)20-8)15(19)7-14(18)11-4-3-10(17)6-13(11)16/h3-6H,7H2,1-2H3. The highest BCUT2D eigenvalue weighted by atomic mass is 35.5. The Morgan fingerprint density at radius 1 is 1.15 bits per heavy atom. The summed E-state index contributed by atoms with van der Waals surface area (Å²) in [7, 11) is 0. The second-order valence-electron chi connectivity index (χ2n) is 4.47. The second-order valence-corrected chi connectivity index (χ2v) is 4.88. The Bertz CT molecular complexity index is 688. The lowest BCUT2D eigenvalue weighted by Crippen LogP contribution is -2.09. The van der Waals surface area contributed by atoms with Crippen molar-refractivity contribution < 1.29 is 18.4 Å². The van der Waals surface area contributed by atoms with E-state index < -0.39 is 11.6 Å². The van der Waals surface area contributed by atoms with Crippen LogP contribution in [0.5, 0.6) is 0 Å². The molecule has 0 saturated heterocycles. The molecule has 104 valence electrons. The molecule has 20 heavy (non-hydrogen) atoms. The Kier molecular flexibility index (Phi) is 4.04. The van der Waals surface area contributed by atoms with Gasteiger partial charge in [0.15, 0.2) is 11.6 Å². The third kappa shape index (κ3) is 2.96. The van der Waals surface area contributed by atoms with Crippen LogP contribution in [0.25, 0.3) is 0 Å². The number of hydrogen-bond acceptors (Lipinski definition) is 3. The van der Waals surface area contributed by atoms with Crippen LogP contribution in [0.1, 0.15) is 38.7 Å². The van der Waals surface area contributed by atoms with Gasteiger partial charge in [0.2, 0.25) is 0 Å². The van der Waals surface area contributed by atoms with E-state index >= 15 is 0 Å². The number of ketones is 2. The number of furan rings is 1. The lowest BCUT2D eigenvalue weighted by atomic mass is 10.0. The zero-order valence-electron chi connectivity index (χ0n) is 11.0. The molecular formula is C15H12ClFO3. The Hall–Kier alpha value is -1.94. The molecule has 0 spiro atoms. The fourth-order valence-electron chi connectivity index (χ4n) is 1.96. The van der Waals surface area contributed by atoms with Gasteiger partial charge in [-0.05, 0) is 38.1 Å². The summed E-state index contributed by atoms with van der Waals surface area (Å²) < 4.78 is 18.2. The van der Waals surface area contributed by atoms with Crippen LogP contribution < -0.4 is 0 Å². The molecule has 0 saturated carbocycles. The van der Waals surface area contributed by atoms with E-state index in [4.69, 9.17) is 16.0 Å². The van der Waals surface area contributed by atoms with Gasteiger partial charge in [-0.2, -0.15) is 0 Å². The van der Waals surface area contributed by atoms with E-state index in [9.17, 15) is 14.0 Å². The van der Waals surface area contributed by atoms with Crippen LogP contribution in [0, 0.1) is 19.7 Å².